The number of hydrogen-bond donors (Lipinski definition) is 1. The Morgan fingerprint density at radius 1 is 1.39 bits per heavy atom. The molecule has 0 saturated heterocycles. The molecule has 4 heteroatoms. The number of aromatic nitrogens is 2. The van der Waals surface area contributed by atoms with Gasteiger partial charge in [0, 0.05) is 25.7 Å². The Morgan fingerprint density at radius 3 is 3.06 bits per heavy atom. The van der Waals surface area contributed by atoms with Gasteiger partial charge in [0.15, 0.2) is 0 Å². The molecule has 0 saturated carbocycles. The summed E-state index contributed by atoms with van der Waals surface area (Å²) >= 11 is 0. The SMILES string of the molecule is CC(Nc1ccn(C)n1)c1ccc2c(c1)CCO2. The minimum Gasteiger partial charge on any atom is -0.493 e. The normalized spacial score (nSPS) is 15.0. The average Bonchev–Trinajstić information content (AvgIpc) is 2.96. The van der Waals surface area contributed by atoms with Crippen LogP contribution < -0.4 is 10.1 Å². The fourth-order valence-electron chi connectivity index (χ4n) is 2.27. The lowest BCUT2D eigenvalue weighted by Crippen LogP contribution is -2.07. The zero-order valence-electron chi connectivity index (χ0n) is 10.7. The molecular weight excluding hydrogens is 226 g/mol. The van der Waals surface area contributed by atoms with E-state index in [1.54, 1.807) is 4.68 Å². The lowest BCUT2D eigenvalue weighted by molar-refractivity contribution is 0.357. The van der Waals surface area contributed by atoms with Crippen molar-refractivity contribution >= 4 is 5.82 Å². The van der Waals surface area contributed by atoms with Crippen LogP contribution in [-0.4, -0.2) is 16.4 Å². The minimum absolute atomic E-state index is 0.241. The molecule has 1 unspecified atom stereocenters. The predicted molar refractivity (Wildman–Crippen MR) is 70.9 cm³/mol. The van der Waals surface area contributed by atoms with Crippen LogP contribution in [0, 0.1) is 0 Å². The maximum Gasteiger partial charge on any atom is 0.148 e. The molecule has 0 aliphatic carbocycles. The summed E-state index contributed by atoms with van der Waals surface area (Å²) in [6.45, 7) is 2.95. The predicted octanol–water partition coefficient (Wildman–Crippen LogP) is 2.53. The topological polar surface area (TPSA) is 39.1 Å². The third-order valence-electron chi connectivity index (χ3n) is 3.29. The number of nitrogens with zero attached hydrogens (tertiary/aromatic N) is 2. The van der Waals surface area contributed by atoms with E-state index in [4.69, 9.17) is 4.74 Å². The second kappa shape index (κ2) is 4.37. The highest BCUT2D eigenvalue weighted by Gasteiger charge is 2.14. The molecule has 3 rings (SSSR count). The first-order valence-corrected chi connectivity index (χ1v) is 6.24. The van der Waals surface area contributed by atoms with Gasteiger partial charge in [0.25, 0.3) is 0 Å². The molecule has 0 spiro atoms. The standard InChI is InChI=1S/C14H17N3O/c1-10(15-14-5-7-17(2)16-14)11-3-4-13-12(9-11)6-8-18-13/h3-5,7,9-10H,6,8H2,1-2H3,(H,15,16). The van der Waals surface area contributed by atoms with Crippen LogP contribution in [0.3, 0.4) is 0 Å². The van der Waals surface area contributed by atoms with Gasteiger partial charge in [-0.2, -0.15) is 5.10 Å². The van der Waals surface area contributed by atoms with E-state index in [-0.39, 0.29) is 6.04 Å². The Morgan fingerprint density at radius 2 is 2.28 bits per heavy atom. The first kappa shape index (κ1) is 11.1. The highest BCUT2D eigenvalue weighted by Crippen LogP contribution is 2.29. The smallest absolute Gasteiger partial charge is 0.148 e. The summed E-state index contributed by atoms with van der Waals surface area (Å²) in [6, 6.07) is 8.63. The van der Waals surface area contributed by atoms with Crippen LogP contribution in [0.2, 0.25) is 0 Å². The second-order valence-corrected chi connectivity index (χ2v) is 4.71. The average molecular weight is 243 g/mol. The minimum atomic E-state index is 0.241. The highest BCUT2D eigenvalue weighted by atomic mass is 16.5. The Balaban J connectivity index is 1.78. The molecule has 0 bridgehead atoms. The van der Waals surface area contributed by atoms with Crippen molar-refractivity contribution in [2.24, 2.45) is 7.05 Å². The molecule has 1 aliphatic heterocycles. The Labute approximate surface area is 107 Å². The molecule has 2 aromatic rings. The van der Waals surface area contributed by atoms with Crippen molar-refractivity contribution in [2.45, 2.75) is 19.4 Å². The van der Waals surface area contributed by atoms with Crippen LogP contribution >= 0.6 is 0 Å². The molecule has 0 radical (unpaired) electrons. The number of aryl methyl sites for hydroxylation is 1. The van der Waals surface area contributed by atoms with E-state index in [9.17, 15) is 0 Å². The number of hydrogen-bond acceptors (Lipinski definition) is 3. The van der Waals surface area contributed by atoms with Crippen LogP contribution in [0.25, 0.3) is 0 Å². The van der Waals surface area contributed by atoms with Gasteiger partial charge in [-0.25, -0.2) is 0 Å². The lowest BCUT2D eigenvalue weighted by Gasteiger charge is -2.14. The summed E-state index contributed by atoms with van der Waals surface area (Å²) in [6.07, 6.45) is 2.95. The van der Waals surface area contributed by atoms with Gasteiger partial charge >= 0.3 is 0 Å². The highest BCUT2D eigenvalue weighted by molar-refractivity contribution is 5.43. The van der Waals surface area contributed by atoms with Crippen molar-refractivity contribution in [2.75, 3.05) is 11.9 Å². The number of fused-ring (bicyclic) bond motifs is 1. The van der Waals surface area contributed by atoms with Gasteiger partial charge in [0.05, 0.1) is 12.6 Å². The van der Waals surface area contributed by atoms with Gasteiger partial charge in [0.1, 0.15) is 11.6 Å². The van der Waals surface area contributed by atoms with E-state index in [2.05, 4.69) is 35.5 Å². The largest absolute Gasteiger partial charge is 0.493 e. The van der Waals surface area contributed by atoms with Gasteiger partial charge in [-0.1, -0.05) is 6.07 Å². The summed E-state index contributed by atoms with van der Waals surface area (Å²) in [5.41, 5.74) is 2.58. The first-order chi connectivity index (χ1) is 8.72. The summed E-state index contributed by atoms with van der Waals surface area (Å²) in [5, 5.41) is 7.73. The van der Waals surface area contributed by atoms with Gasteiger partial charge < -0.3 is 10.1 Å². The maximum absolute atomic E-state index is 5.52. The summed E-state index contributed by atoms with van der Waals surface area (Å²) in [7, 11) is 1.92. The molecule has 0 fully saturated rings. The van der Waals surface area contributed by atoms with Crippen LogP contribution in [0.4, 0.5) is 5.82 Å². The molecule has 0 amide bonds. The van der Waals surface area contributed by atoms with Crippen molar-refractivity contribution in [1.29, 1.82) is 0 Å². The first-order valence-electron chi connectivity index (χ1n) is 6.24. The molecule has 1 aliphatic rings. The molecule has 94 valence electrons. The Kier molecular flexibility index (Phi) is 2.70. The van der Waals surface area contributed by atoms with Gasteiger partial charge in [-0.05, 0) is 30.2 Å². The zero-order valence-corrected chi connectivity index (χ0v) is 10.7. The van der Waals surface area contributed by atoms with Gasteiger partial charge in [-0.3, -0.25) is 4.68 Å². The van der Waals surface area contributed by atoms with Crippen LogP contribution in [-0.2, 0) is 13.5 Å². The van der Waals surface area contributed by atoms with Crippen LogP contribution in [0.15, 0.2) is 30.5 Å². The fourth-order valence-corrected chi connectivity index (χ4v) is 2.27. The Hall–Kier alpha value is -1.97. The molecule has 18 heavy (non-hydrogen) atoms. The molecule has 2 heterocycles. The van der Waals surface area contributed by atoms with Crippen molar-refractivity contribution in [3.05, 3.63) is 41.6 Å². The van der Waals surface area contributed by atoms with Crippen LogP contribution in [0.5, 0.6) is 5.75 Å². The number of ether oxygens (including phenoxy) is 1. The zero-order chi connectivity index (χ0) is 12.5. The van der Waals surface area contributed by atoms with Crippen LogP contribution in [0.1, 0.15) is 24.1 Å². The van der Waals surface area contributed by atoms with E-state index in [0.717, 1.165) is 24.6 Å². The summed E-state index contributed by atoms with van der Waals surface area (Å²) < 4.78 is 7.32. The van der Waals surface area contributed by atoms with E-state index < -0.39 is 0 Å². The number of anilines is 1. The number of rotatable bonds is 3. The molecule has 1 N–H and O–H groups in total. The van der Waals surface area contributed by atoms with Crippen molar-refractivity contribution in [3.8, 4) is 5.75 Å². The fraction of sp³-hybridized carbons (Fsp3) is 0.357. The van der Waals surface area contributed by atoms with Gasteiger partial charge in [-0.15, -0.1) is 0 Å². The number of benzene rings is 1. The van der Waals surface area contributed by atoms with E-state index >= 15 is 0 Å². The molecule has 4 nitrogen and oxygen atoms in total. The quantitative estimate of drug-likeness (QED) is 0.900. The van der Waals surface area contributed by atoms with E-state index in [1.807, 2.05) is 19.3 Å². The second-order valence-electron chi connectivity index (χ2n) is 4.71. The summed E-state index contributed by atoms with van der Waals surface area (Å²) in [4.78, 5) is 0. The van der Waals surface area contributed by atoms with E-state index in [1.165, 1.54) is 11.1 Å². The van der Waals surface area contributed by atoms with Gasteiger partial charge in [0.2, 0.25) is 0 Å². The maximum atomic E-state index is 5.52. The van der Waals surface area contributed by atoms with Crippen molar-refractivity contribution in [1.82, 2.24) is 9.78 Å². The lowest BCUT2D eigenvalue weighted by atomic mass is 10.0. The molecule has 1 aromatic carbocycles. The Bertz CT molecular complexity index is 562. The monoisotopic (exact) mass is 243 g/mol. The molecular formula is C14H17N3O. The van der Waals surface area contributed by atoms with Crippen molar-refractivity contribution < 1.29 is 4.74 Å². The summed E-state index contributed by atoms with van der Waals surface area (Å²) in [5.74, 6) is 1.94. The third-order valence-corrected chi connectivity index (χ3v) is 3.29. The molecule has 1 aromatic heterocycles. The molecule has 1 atom stereocenters. The third kappa shape index (κ3) is 2.06. The number of nitrogens with one attached hydrogen (secondary N) is 1. The van der Waals surface area contributed by atoms with E-state index in [0.29, 0.717) is 0 Å². The van der Waals surface area contributed by atoms with Crippen molar-refractivity contribution in [3.63, 3.8) is 0 Å².